The number of ether oxygens (including phenoxy) is 4. The second-order valence-corrected chi connectivity index (χ2v) is 5.85. The van der Waals surface area contributed by atoms with Crippen molar-refractivity contribution in [3.63, 3.8) is 0 Å². The molecule has 0 aliphatic rings. The van der Waals surface area contributed by atoms with Crippen molar-refractivity contribution < 1.29 is 38.3 Å². The number of nitro groups is 1. The van der Waals surface area contributed by atoms with E-state index in [0.717, 1.165) is 7.11 Å². The highest BCUT2D eigenvalue weighted by Crippen LogP contribution is 2.27. The summed E-state index contributed by atoms with van der Waals surface area (Å²) in [5.74, 6) is -2.90. The first-order valence-electron chi connectivity index (χ1n) is 8.59. The number of hydrogen-bond donors (Lipinski definition) is 1. The Kier molecular flexibility index (Phi) is 10.3. The minimum absolute atomic E-state index is 0.157. The van der Waals surface area contributed by atoms with Crippen molar-refractivity contribution >= 4 is 23.5 Å². The molecule has 0 fully saturated rings. The molecule has 0 aliphatic carbocycles. The molecule has 0 unspecified atom stereocenters. The molecule has 0 heterocycles. The number of carbonyl (C=O) groups is 3. The maximum Gasteiger partial charge on any atom is 0.329 e. The molecule has 1 aromatic rings. The van der Waals surface area contributed by atoms with E-state index in [1.807, 2.05) is 0 Å². The number of nitrogens with one attached hydrogen (secondary N) is 1. The molecule has 11 nitrogen and oxygen atoms in total. The van der Waals surface area contributed by atoms with Crippen LogP contribution in [-0.2, 0) is 33.3 Å². The number of nitro benzene ring substituents is 1. The van der Waals surface area contributed by atoms with Crippen LogP contribution in [0.2, 0.25) is 0 Å². The SMILES string of the molecule is COCCOCC(=O)N[C@@H](C(=O)OC)[C@H](CC(=O)OC)c1ccc([N+](=O)[O-])cc1. The van der Waals surface area contributed by atoms with Crippen molar-refractivity contribution in [1.82, 2.24) is 5.32 Å². The summed E-state index contributed by atoms with van der Waals surface area (Å²) in [6.07, 6.45) is -0.265. The second-order valence-electron chi connectivity index (χ2n) is 5.85. The van der Waals surface area contributed by atoms with E-state index in [1.165, 1.54) is 38.5 Å². The number of rotatable bonds is 12. The molecule has 0 saturated heterocycles. The number of benzene rings is 1. The van der Waals surface area contributed by atoms with Crippen LogP contribution < -0.4 is 5.32 Å². The van der Waals surface area contributed by atoms with E-state index in [-0.39, 0.29) is 25.3 Å². The average molecular weight is 412 g/mol. The third-order valence-electron chi connectivity index (χ3n) is 3.99. The van der Waals surface area contributed by atoms with E-state index in [0.29, 0.717) is 12.2 Å². The van der Waals surface area contributed by atoms with E-state index in [4.69, 9.17) is 14.2 Å². The van der Waals surface area contributed by atoms with Gasteiger partial charge in [0.25, 0.3) is 5.69 Å². The number of methoxy groups -OCH3 is 3. The fourth-order valence-corrected chi connectivity index (χ4v) is 2.51. The lowest BCUT2D eigenvalue weighted by molar-refractivity contribution is -0.384. The first kappa shape index (κ1) is 24.0. The summed E-state index contributed by atoms with van der Waals surface area (Å²) in [5, 5.41) is 13.4. The van der Waals surface area contributed by atoms with E-state index in [2.05, 4.69) is 10.1 Å². The van der Waals surface area contributed by atoms with Crippen LogP contribution in [0, 0.1) is 10.1 Å². The van der Waals surface area contributed by atoms with Gasteiger partial charge in [0.15, 0.2) is 0 Å². The molecule has 1 rings (SSSR count). The standard InChI is InChI=1S/C18H24N2O9/c1-26-8-9-29-11-15(21)19-17(18(23)28-3)14(10-16(22)27-2)12-4-6-13(7-5-12)20(24)25/h4-7,14,17H,8-11H2,1-3H3,(H,19,21)/t14-,17-/m1/s1. The smallest absolute Gasteiger partial charge is 0.329 e. The molecular weight excluding hydrogens is 388 g/mol. The van der Waals surface area contributed by atoms with Gasteiger partial charge < -0.3 is 24.3 Å². The highest BCUT2D eigenvalue weighted by Gasteiger charge is 2.34. The molecule has 0 radical (unpaired) electrons. The van der Waals surface area contributed by atoms with Crippen molar-refractivity contribution in [1.29, 1.82) is 0 Å². The lowest BCUT2D eigenvalue weighted by Crippen LogP contribution is -2.47. The summed E-state index contributed by atoms with van der Waals surface area (Å²) in [6, 6.07) is 4.05. The quantitative estimate of drug-likeness (QED) is 0.225. The van der Waals surface area contributed by atoms with Gasteiger partial charge in [-0.3, -0.25) is 19.7 Å². The zero-order chi connectivity index (χ0) is 21.8. The van der Waals surface area contributed by atoms with Crippen LogP contribution in [0.3, 0.4) is 0 Å². The molecule has 2 atom stereocenters. The Morgan fingerprint density at radius 3 is 2.24 bits per heavy atom. The first-order valence-corrected chi connectivity index (χ1v) is 8.59. The van der Waals surface area contributed by atoms with Crippen LogP contribution in [0.25, 0.3) is 0 Å². The Balaban J connectivity index is 3.09. The monoisotopic (exact) mass is 412 g/mol. The Morgan fingerprint density at radius 1 is 1.07 bits per heavy atom. The molecule has 0 bridgehead atoms. The maximum absolute atomic E-state index is 12.3. The van der Waals surface area contributed by atoms with Gasteiger partial charge in [-0.25, -0.2) is 4.79 Å². The predicted molar refractivity (Wildman–Crippen MR) is 99.1 cm³/mol. The van der Waals surface area contributed by atoms with E-state index >= 15 is 0 Å². The molecule has 0 aromatic heterocycles. The molecule has 11 heteroatoms. The van der Waals surface area contributed by atoms with Gasteiger partial charge >= 0.3 is 11.9 Å². The van der Waals surface area contributed by atoms with E-state index in [1.54, 1.807) is 0 Å². The summed E-state index contributed by atoms with van der Waals surface area (Å²) < 4.78 is 19.4. The minimum atomic E-state index is -1.24. The van der Waals surface area contributed by atoms with Crippen molar-refractivity contribution in [2.45, 2.75) is 18.4 Å². The molecule has 1 aromatic carbocycles. The molecule has 0 spiro atoms. The lowest BCUT2D eigenvalue weighted by Gasteiger charge is -2.25. The molecule has 1 N–H and O–H groups in total. The molecule has 0 saturated carbocycles. The van der Waals surface area contributed by atoms with Crippen molar-refractivity contribution in [2.75, 3.05) is 41.2 Å². The van der Waals surface area contributed by atoms with Gasteiger partial charge in [0.1, 0.15) is 12.6 Å². The summed E-state index contributed by atoms with van der Waals surface area (Å²) in [4.78, 5) is 46.7. The lowest BCUT2D eigenvalue weighted by atomic mass is 9.88. The zero-order valence-corrected chi connectivity index (χ0v) is 16.4. The molecule has 160 valence electrons. The fourth-order valence-electron chi connectivity index (χ4n) is 2.51. The van der Waals surface area contributed by atoms with Crippen LogP contribution in [0.4, 0.5) is 5.69 Å². The Hall–Kier alpha value is -3.05. The van der Waals surface area contributed by atoms with E-state index < -0.39 is 34.7 Å². The first-order chi connectivity index (χ1) is 13.8. The van der Waals surface area contributed by atoms with Crippen LogP contribution in [0.15, 0.2) is 24.3 Å². The van der Waals surface area contributed by atoms with Crippen molar-refractivity contribution in [2.24, 2.45) is 0 Å². The topological polar surface area (TPSA) is 143 Å². The fraction of sp³-hybridized carbons (Fsp3) is 0.500. The third-order valence-corrected chi connectivity index (χ3v) is 3.99. The summed E-state index contributed by atoms with van der Waals surface area (Å²) in [7, 11) is 3.81. The summed E-state index contributed by atoms with van der Waals surface area (Å²) in [6.45, 7) is 0.143. The van der Waals surface area contributed by atoms with Gasteiger partial charge in [0.2, 0.25) is 5.91 Å². The van der Waals surface area contributed by atoms with Gasteiger partial charge in [-0.05, 0) is 5.56 Å². The Labute approximate surface area is 167 Å². The van der Waals surface area contributed by atoms with Crippen molar-refractivity contribution in [3.8, 4) is 0 Å². The van der Waals surface area contributed by atoms with Gasteiger partial charge in [-0.15, -0.1) is 0 Å². The van der Waals surface area contributed by atoms with Gasteiger partial charge in [0, 0.05) is 25.2 Å². The largest absolute Gasteiger partial charge is 0.469 e. The van der Waals surface area contributed by atoms with Gasteiger partial charge in [-0.1, -0.05) is 12.1 Å². The molecular formula is C18H24N2O9. The number of carbonyl (C=O) groups excluding carboxylic acids is 3. The van der Waals surface area contributed by atoms with Gasteiger partial charge in [-0.2, -0.15) is 0 Å². The Bertz CT molecular complexity index is 706. The van der Waals surface area contributed by atoms with Crippen LogP contribution >= 0.6 is 0 Å². The maximum atomic E-state index is 12.3. The molecule has 1 amide bonds. The summed E-state index contributed by atoms with van der Waals surface area (Å²) in [5.41, 5.74) is 0.257. The highest BCUT2D eigenvalue weighted by molar-refractivity contribution is 5.86. The number of amides is 1. The van der Waals surface area contributed by atoms with Gasteiger partial charge in [0.05, 0.1) is 38.8 Å². The zero-order valence-electron chi connectivity index (χ0n) is 16.4. The number of non-ortho nitro benzene ring substituents is 1. The number of hydrogen-bond acceptors (Lipinski definition) is 9. The minimum Gasteiger partial charge on any atom is -0.469 e. The molecule has 0 aliphatic heterocycles. The normalized spacial score (nSPS) is 12.5. The number of nitrogens with zero attached hydrogens (tertiary/aromatic N) is 1. The highest BCUT2D eigenvalue weighted by atomic mass is 16.6. The Morgan fingerprint density at radius 2 is 1.72 bits per heavy atom. The third kappa shape index (κ3) is 7.84. The van der Waals surface area contributed by atoms with Crippen LogP contribution in [-0.4, -0.2) is 70.0 Å². The summed E-state index contributed by atoms with van der Waals surface area (Å²) >= 11 is 0. The number of esters is 2. The second kappa shape index (κ2) is 12.4. The molecule has 29 heavy (non-hydrogen) atoms. The van der Waals surface area contributed by atoms with E-state index in [9.17, 15) is 24.5 Å². The average Bonchev–Trinajstić information content (AvgIpc) is 2.72. The van der Waals surface area contributed by atoms with Crippen molar-refractivity contribution in [3.05, 3.63) is 39.9 Å². The van der Waals surface area contributed by atoms with Crippen LogP contribution in [0.1, 0.15) is 17.9 Å². The van der Waals surface area contributed by atoms with Crippen LogP contribution in [0.5, 0.6) is 0 Å². The predicted octanol–water partition coefficient (Wildman–Crippen LogP) is 0.562.